The number of anilines is 1. The van der Waals surface area contributed by atoms with Crippen molar-refractivity contribution in [3.8, 4) is 11.1 Å². The fraction of sp³-hybridized carbons (Fsp3) is 0.296. The van der Waals surface area contributed by atoms with Crippen LogP contribution in [0.4, 0.5) is 5.69 Å². The number of carboxylic acid groups (broad SMARTS) is 1. The molecule has 0 fully saturated rings. The summed E-state index contributed by atoms with van der Waals surface area (Å²) < 4.78 is 0. The van der Waals surface area contributed by atoms with Gasteiger partial charge in [0.15, 0.2) is 0 Å². The van der Waals surface area contributed by atoms with Crippen LogP contribution in [0.2, 0.25) is 0 Å². The molecule has 2 N–H and O–H groups in total. The van der Waals surface area contributed by atoms with E-state index in [-0.39, 0.29) is 11.5 Å². The number of benzene rings is 2. The highest BCUT2D eigenvalue weighted by molar-refractivity contribution is 6.06. The predicted molar refractivity (Wildman–Crippen MR) is 130 cm³/mol. The van der Waals surface area contributed by atoms with E-state index < -0.39 is 5.97 Å². The number of aromatic nitrogens is 1. The van der Waals surface area contributed by atoms with Crippen molar-refractivity contribution < 1.29 is 14.7 Å². The molecule has 2 aromatic carbocycles. The molecule has 1 aliphatic rings. The maximum absolute atomic E-state index is 13.5. The van der Waals surface area contributed by atoms with Crippen molar-refractivity contribution in [2.24, 2.45) is 0 Å². The predicted octanol–water partition coefficient (Wildman–Crippen LogP) is 5.15. The number of hydrogen-bond acceptors (Lipinski definition) is 4. The number of hydrogen-bond donors (Lipinski definition) is 2. The number of carbonyl (C=O) groups excluding carboxylic acids is 1. The van der Waals surface area contributed by atoms with Crippen LogP contribution in [-0.2, 0) is 6.54 Å². The van der Waals surface area contributed by atoms with Gasteiger partial charge in [-0.1, -0.05) is 37.5 Å². The van der Waals surface area contributed by atoms with E-state index in [0.717, 1.165) is 48.2 Å². The third kappa shape index (κ3) is 5.65. The summed E-state index contributed by atoms with van der Waals surface area (Å²) in [5, 5.41) is 12.9. The van der Waals surface area contributed by atoms with Crippen LogP contribution in [0.25, 0.3) is 11.1 Å². The average molecular weight is 444 g/mol. The number of nitrogens with one attached hydrogen (secondary N) is 1. The molecule has 0 saturated heterocycles. The molecule has 0 aliphatic carbocycles. The molecule has 2 heterocycles. The molecular formula is C27H29N3O3. The second-order valence-corrected chi connectivity index (χ2v) is 8.37. The van der Waals surface area contributed by atoms with Crippen molar-refractivity contribution in [2.75, 3.05) is 18.0 Å². The van der Waals surface area contributed by atoms with Gasteiger partial charge in [-0.25, -0.2) is 4.79 Å². The highest BCUT2D eigenvalue weighted by Gasteiger charge is 2.21. The van der Waals surface area contributed by atoms with Gasteiger partial charge in [0.05, 0.1) is 5.56 Å². The van der Waals surface area contributed by atoms with E-state index in [9.17, 15) is 14.7 Å². The highest BCUT2D eigenvalue weighted by Crippen LogP contribution is 2.30. The van der Waals surface area contributed by atoms with Crippen molar-refractivity contribution in [3.63, 3.8) is 0 Å². The zero-order valence-electron chi connectivity index (χ0n) is 18.7. The molecule has 3 aromatic rings. The Morgan fingerprint density at radius 3 is 2.42 bits per heavy atom. The van der Waals surface area contributed by atoms with Crippen LogP contribution < -0.4 is 10.2 Å². The molecule has 0 unspecified atom stereocenters. The number of pyridine rings is 1. The summed E-state index contributed by atoms with van der Waals surface area (Å²) in [6.07, 6.45) is 8.82. The molecule has 1 aliphatic heterocycles. The van der Waals surface area contributed by atoms with Gasteiger partial charge >= 0.3 is 5.97 Å². The molecule has 4 rings (SSSR count). The largest absolute Gasteiger partial charge is 0.478 e. The fourth-order valence-corrected chi connectivity index (χ4v) is 4.26. The van der Waals surface area contributed by atoms with Gasteiger partial charge in [-0.2, -0.15) is 0 Å². The van der Waals surface area contributed by atoms with Gasteiger partial charge in [0, 0.05) is 36.7 Å². The number of rotatable bonds is 3. The maximum atomic E-state index is 13.5. The molecule has 1 aromatic heterocycles. The Labute approximate surface area is 194 Å². The Morgan fingerprint density at radius 1 is 0.848 bits per heavy atom. The zero-order chi connectivity index (χ0) is 23.0. The number of carbonyl (C=O) groups is 2. The van der Waals surface area contributed by atoms with E-state index in [1.807, 2.05) is 23.1 Å². The Morgan fingerprint density at radius 2 is 1.61 bits per heavy atom. The molecule has 1 amide bonds. The van der Waals surface area contributed by atoms with Crippen molar-refractivity contribution in [3.05, 3.63) is 83.7 Å². The van der Waals surface area contributed by atoms with E-state index >= 15 is 0 Å². The number of fused-ring (bicyclic) bond motifs is 1. The normalized spacial score (nSPS) is 15.1. The lowest BCUT2D eigenvalue weighted by atomic mass is 9.98. The first kappa shape index (κ1) is 22.7. The minimum Gasteiger partial charge on any atom is -0.478 e. The van der Waals surface area contributed by atoms with E-state index in [1.54, 1.807) is 42.7 Å². The third-order valence-electron chi connectivity index (χ3n) is 6.04. The monoisotopic (exact) mass is 443 g/mol. The topological polar surface area (TPSA) is 82.5 Å². The summed E-state index contributed by atoms with van der Waals surface area (Å²) in [5.74, 6) is -0.977. The van der Waals surface area contributed by atoms with Crippen LogP contribution in [0.3, 0.4) is 0 Å². The Bertz CT molecular complexity index is 1110. The molecule has 0 spiro atoms. The molecule has 0 bridgehead atoms. The smallest absolute Gasteiger partial charge is 0.335 e. The minimum atomic E-state index is -0.945. The Hall–Kier alpha value is -3.51. The molecule has 0 atom stereocenters. The molecule has 0 radical (unpaired) electrons. The van der Waals surface area contributed by atoms with Crippen LogP contribution in [0.15, 0.2) is 67.0 Å². The average Bonchev–Trinajstić information content (AvgIpc) is 2.84. The van der Waals surface area contributed by atoms with Gasteiger partial charge in [-0.15, -0.1) is 0 Å². The van der Waals surface area contributed by atoms with Crippen molar-refractivity contribution in [1.29, 1.82) is 0 Å². The van der Waals surface area contributed by atoms with Gasteiger partial charge < -0.3 is 15.3 Å². The standard InChI is InChI=1S/C27H29N3O3/c31-26(20-11-14-28-15-12-20)30-16-5-3-1-2-4-13-29-19-24-18-22(9-10-25(24)30)21-7-6-8-23(17-21)27(32)33/h6-12,14-15,17-18,29H,1-5,13,16,19H2,(H,32,33). The SMILES string of the molecule is O=C(O)c1cccc(-c2ccc3c(c2)CNCCCCCCCN3C(=O)c2ccncc2)c1. The van der Waals surface area contributed by atoms with E-state index in [0.29, 0.717) is 18.7 Å². The van der Waals surface area contributed by atoms with Crippen LogP contribution in [-0.4, -0.2) is 35.1 Å². The summed E-state index contributed by atoms with van der Waals surface area (Å²) in [6, 6.07) is 16.5. The Balaban J connectivity index is 1.74. The van der Waals surface area contributed by atoms with Gasteiger partial charge in [0.25, 0.3) is 5.91 Å². The highest BCUT2D eigenvalue weighted by atomic mass is 16.4. The number of carboxylic acids is 1. The van der Waals surface area contributed by atoms with Crippen LogP contribution in [0.5, 0.6) is 0 Å². The molecule has 170 valence electrons. The number of amides is 1. The first-order valence-corrected chi connectivity index (χ1v) is 11.5. The van der Waals surface area contributed by atoms with Crippen molar-refractivity contribution in [1.82, 2.24) is 10.3 Å². The lowest BCUT2D eigenvalue weighted by Crippen LogP contribution is -2.33. The molecule has 6 heteroatoms. The van der Waals surface area contributed by atoms with Crippen LogP contribution >= 0.6 is 0 Å². The summed E-state index contributed by atoms with van der Waals surface area (Å²) in [5.41, 5.74) is 4.57. The molecule has 6 nitrogen and oxygen atoms in total. The van der Waals surface area contributed by atoms with Crippen LogP contribution in [0.1, 0.15) is 58.4 Å². The second-order valence-electron chi connectivity index (χ2n) is 8.37. The van der Waals surface area contributed by atoms with E-state index in [1.165, 1.54) is 12.8 Å². The van der Waals surface area contributed by atoms with Crippen molar-refractivity contribution >= 4 is 17.6 Å². The fourth-order valence-electron chi connectivity index (χ4n) is 4.26. The lowest BCUT2D eigenvalue weighted by Gasteiger charge is -2.27. The summed E-state index contributed by atoms with van der Waals surface area (Å²) >= 11 is 0. The first-order chi connectivity index (χ1) is 16.1. The second kappa shape index (κ2) is 10.9. The summed E-state index contributed by atoms with van der Waals surface area (Å²) in [7, 11) is 0. The minimum absolute atomic E-state index is 0.0312. The lowest BCUT2D eigenvalue weighted by molar-refractivity contribution is 0.0696. The van der Waals surface area contributed by atoms with Gasteiger partial charge in [-0.3, -0.25) is 9.78 Å². The first-order valence-electron chi connectivity index (χ1n) is 11.5. The van der Waals surface area contributed by atoms with Crippen molar-refractivity contribution in [2.45, 2.75) is 38.6 Å². The quantitative estimate of drug-likeness (QED) is 0.585. The van der Waals surface area contributed by atoms with Gasteiger partial charge in [-0.05, 0) is 72.5 Å². The Kier molecular flexibility index (Phi) is 7.47. The molecule has 0 saturated carbocycles. The summed E-state index contributed by atoms with van der Waals surface area (Å²) in [6.45, 7) is 2.22. The number of aromatic carboxylic acids is 1. The van der Waals surface area contributed by atoms with Gasteiger partial charge in [0.2, 0.25) is 0 Å². The van der Waals surface area contributed by atoms with E-state index in [4.69, 9.17) is 0 Å². The third-order valence-corrected chi connectivity index (χ3v) is 6.04. The van der Waals surface area contributed by atoms with E-state index in [2.05, 4.69) is 16.4 Å². The van der Waals surface area contributed by atoms with Gasteiger partial charge in [0.1, 0.15) is 0 Å². The maximum Gasteiger partial charge on any atom is 0.335 e. The molecular weight excluding hydrogens is 414 g/mol. The van der Waals surface area contributed by atoms with Crippen LogP contribution in [0, 0.1) is 0 Å². The summed E-state index contributed by atoms with van der Waals surface area (Å²) in [4.78, 5) is 30.8. The zero-order valence-corrected chi connectivity index (χ0v) is 18.7. The number of nitrogens with zero attached hydrogens (tertiary/aromatic N) is 2. The molecule has 33 heavy (non-hydrogen) atoms.